The van der Waals surface area contributed by atoms with Gasteiger partial charge >= 0.3 is 6.18 Å². The molecule has 1 aromatic carbocycles. The first kappa shape index (κ1) is 11.9. The third kappa shape index (κ3) is 3.19. The molecule has 0 bridgehead atoms. The molecular weight excluding hydrogens is 229 g/mol. The van der Waals surface area contributed by atoms with Crippen molar-refractivity contribution in [3.8, 4) is 0 Å². The molecule has 0 unspecified atom stereocenters. The zero-order chi connectivity index (χ0) is 12.5. The fraction of sp³-hybridized carbons (Fsp3) is 0.308. The van der Waals surface area contributed by atoms with Crippen LogP contribution < -0.4 is 0 Å². The van der Waals surface area contributed by atoms with Gasteiger partial charge in [0, 0.05) is 5.56 Å². The van der Waals surface area contributed by atoms with Gasteiger partial charge in [-0.25, -0.2) is 0 Å². The lowest BCUT2D eigenvalue weighted by atomic mass is 10.1. The molecule has 0 spiro atoms. The van der Waals surface area contributed by atoms with Gasteiger partial charge in [0.15, 0.2) is 0 Å². The maximum Gasteiger partial charge on any atom is 0.416 e. The number of aldehydes is 1. The Morgan fingerprint density at radius 1 is 1.12 bits per heavy atom. The summed E-state index contributed by atoms with van der Waals surface area (Å²) < 4.78 is 37.7. The number of allylic oxidation sites excluding steroid dienone is 1. The van der Waals surface area contributed by atoms with E-state index in [1.54, 1.807) is 6.08 Å². The molecule has 1 nitrogen and oxygen atoms in total. The Kier molecular flexibility index (Phi) is 3.05. The van der Waals surface area contributed by atoms with E-state index in [2.05, 4.69) is 0 Å². The predicted molar refractivity (Wildman–Crippen MR) is 58.6 cm³/mol. The Bertz CT molecular complexity index is 456. The summed E-state index contributed by atoms with van der Waals surface area (Å²) in [5.74, 6) is 0.490. The molecule has 0 atom stereocenters. The monoisotopic (exact) mass is 240 g/mol. The normalized spacial score (nSPS) is 16.4. The molecule has 0 saturated heterocycles. The second-order valence-electron chi connectivity index (χ2n) is 4.20. The highest BCUT2D eigenvalue weighted by molar-refractivity contribution is 5.77. The number of carbonyl (C=O) groups excluding carboxylic acids is 1. The van der Waals surface area contributed by atoms with E-state index in [1.165, 1.54) is 6.07 Å². The van der Waals surface area contributed by atoms with Crippen molar-refractivity contribution in [1.82, 2.24) is 0 Å². The Hall–Kier alpha value is -1.58. The molecule has 1 saturated carbocycles. The van der Waals surface area contributed by atoms with Crippen molar-refractivity contribution < 1.29 is 18.0 Å². The first-order valence-corrected chi connectivity index (χ1v) is 5.35. The number of carbonyl (C=O) groups is 1. The van der Waals surface area contributed by atoms with Crippen LogP contribution in [0.2, 0.25) is 0 Å². The topological polar surface area (TPSA) is 17.1 Å². The van der Waals surface area contributed by atoms with Crippen molar-refractivity contribution >= 4 is 12.4 Å². The fourth-order valence-electron chi connectivity index (χ4n) is 1.54. The summed E-state index contributed by atoms with van der Waals surface area (Å²) >= 11 is 0. The first-order valence-electron chi connectivity index (χ1n) is 5.35. The van der Waals surface area contributed by atoms with E-state index >= 15 is 0 Å². The molecule has 90 valence electrons. The highest BCUT2D eigenvalue weighted by Crippen LogP contribution is 2.33. The molecule has 1 aromatic rings. The molecule has 0 aliphatic heterocycles. The van der Waals surface area contributed by atoms with Gasteiger partial charge in [0.1, 0.15) is 6.29 Å². The van der Waals surface area contributed by atoms with Crippen molar-refractivity contribution in [3.63, 3.8) is 0 Å². The number of benzene rings is 1. The van der Waals surface area contributed by atoms with Crippen LogP contribution in [-0.2, 0) is 6.18 Å². The van der Waals surface area contributed by atoms with E-state index in [0.29, 0.717) is 17.8 Å². The van der Waals surface area contributed by atoms with Crippen molar-refractivity contribution in [3.05, 3.63) is 41.0 Å². The number of hydrogen-bond donors (Lipinski definition) is 0. The molecule has 0 amide bonds. The van der Waals surface area contributed by atoms with Crippen molar-refractivity contribution in [2.24, 2.45) is 5.92 Å². The summed E-state index contributed by atoms with van der Waals surface area (Å²) in [6.45, 7) is 0. The average Bonchev–Trinajstić information content (AvgIpc) is 3.08. The van der Waals surface area contributed by atoms with Crippen LogP contribution in [0.25, 0.3) is 6.08 Å². The Morgan fingerprint density at radius 3 is 2.29 bits per heavy atom. The van der Waals surface area contributed by atoms with E-state index in [0.717, 1.165) is 25.0 Å². The Labute approximate surface area is 96.9 Å². The zero-order valence-electron chi connectivity index (χ0n) is 9.00. The fourth-order valence-corrected chi connectivity index (χ4v) is 1.54. The van der Waals surface area contributed by atoms with Crippen LogP contribution in [0.5, 0.6) is 0 Å². The minimum atomic E-state index is -4.42. The molecule has 0 heterocycles. The summed E-state index contributed by atoms with van der Waals surface area (Å²) in [6, 6.07) is 3.38. The second kappa shape index (κ2) is 4.35. The SMILES string of the molecule is O=Cc1cc(/C=C/C2CC2)cc(C(F)(F)F)c1. The van der Waals surface area contributed by atoms with E-state index < -0.39 is 11.7 Å². The smallest absolute Gasteiger partial charge is 0.298 e. The molecule has 1 aliphatic rings. The van der Waals surface area contributed by atoms with Crippen LogP contribution in [-0.4, -0.2) is 6.29 Å². The van der Waals surface area contributed by atoms with Crippen LogP contribution >= 0.6 is 0 Å². The standard InChI is InChI=1S/C13H11F3O/c14-13(15,16)12-6-10(4-3-9-1-2-9)5-11(7-12)8-17/h3-9H,1-2H2/b4-3+. The van der Waals surface area contributed by atoms with Crippen molar-refractivity contribution in [2.75, 3.05) is 0 Å². The van der Waals surface area contributed by atoms with Gasteiger partial charge in [0.05, 0.1) is 5.56 Å². The number of halogens is 3. The van der Waals surface area contributed by atoms with Crippen molar-refractivity contribution in [1.29, 1.82) is 0 Å². The molecular formula is C13H11F3O. The average molecular weight is 240 g/mol. The van der Waals surface area contributed by atoms with Crippen LogP contribution in [0, 0.1) is 5.92 Å². The summed E-state index contributed by atoms with van der Waals surface area (Å²) in [5, 5.41) is 0. The first-order chi connectivity index (χ1) is 7.99. The molecule has 1 fully saturated rings. The van der Waals surface area contributed by atoms with Gasteiger partial charge in [-0.1, -0.05) is 12.2 Å². The summed E-state index contributed by atoms with van der Waals surface area (Å²) in [5.41, 5.74) is -0.304. The lowest BCUT2D eigenvalue weighted by molar-refractivity contribution is -0.137. The maximum absolute atomic E-state index is 12.6. The minimum absolute atomic E-state index is 0.0512. The zero-order valence-corrected chi connectivity index (χ0v) is 9.00. The number of alkyl halides is 3. The largest absolute Gasteiger partial charge is 0.416 e. The Morgan fingerprint density at radius 2 is 1.76 bits per heavy atom. The van der Waals surface area contributed by atoms with Crippen molar-refractivity contribution in [2.45, 2.75) is 19.0 Å². The molecule has 0 N–H and O–H groups in total. The summed E-state index contributed by atoms with van der Waals surface area (Å²) in [4.78, 5) is 10.6. The van der Waals surface area contributed by atoms with Crippen LogP contribution in [0.3, 0.4) is 0 Å². The highest BCUT2D eigenvalue weighted by atomic mass is 19.4. The summed E-state index contributed by atoms with van der Waals surface area (Å²) in [7, 11) is 0. The van der Waals surface area contributed by atoms with Gasteiger partial charge in [0.25, 0.3) is 0 Å². The van der Waals surface area contributed by atoms with E-state index in [9.17, 15) is 18.0 Å². The van der Waals surface area contributed by atoms with Gasteiger partial charge in [-0.15, -0.1) is 0 Å². The van der Waals surface area contributed by atoms with Gasteiger partial charge in [-0.3, -0.25) is 4.79 Å². The lowest BCUT2D eigenvalue weighted by Crippen LogP contribution is -2.06. The van der Waals surface area contributed by atoms with E-state index in [-0.39, 0.29) is 5.56 Å². The Balaban J connectivity index is 2.34. The maximum atomic E-state index is 12.6. The lowest BCUT2D eigenvalue weighted by Gasteiger charge is -2.08. The van der Waals surface area contributed by atoms with E-state index in [4.69, 9.17) is 0 Å². The molecule has 0 aromatic heterocycles. The quantitative estimate of drug-likeness (QED) is 0.731. The predicted octanol–water partition coefficient (Wildman–Crippen LogP) is 3.94. The van der Waals surface area contributed by atoms with Crippen LogP contribution in [0.4, 0.5) is 13.2 Å². The second-order valence-corrected chi connectivity index (χ2v) is 4.20. The molecule has 2 rings (SSSR count). The molecule has 17 heavy (non-hydrogen) atoms. The number of rotatable bonds is 3. The molecule has 4 heteroatoms. The third-order valence-corrected chi connectivity index (χ3v) is 2.62. The van der Waals surface area contributed by atoms with Crippen LogP contribution in [0.15, 0.2) is 24.3 Å². The van der Waals surface area contributed by atoms with E-state index in [1.807, 2.05) is 6.08 Å². The van der Waals surface area contributed by atoms with Gasteiger partial charge < -0.3 is 0 Å². The summed E-state index contributed by atoms with van der Waals surface area (Å²) in [6.07, 6.45) is 1.75. The minimum Gasteiger partial charge on any atom is -0.298 e. The van der Waals surface area contributed by atoms with Gasteiger partial charge in [-0.2, -0.15) is 13.2 Å². The van der Waals surface area contributed by atoms with Gasteiger partial charge in [-0.05, 0) is 42.5 Å². The molecule has 1 aliphatic carbocycles. The third-order valence-electron chi connectivity index (χ3n) is 2.62. The van der Waals surface area contributed by atoms with Crippen LogP contribution in [0.1, 0.15) is 34.3 Å². The number of hydrogen-bond acceptors (Lipinski definition) is 1. The van der Waals surface area contributed by atoms with Gasteiger partial charge in [0.2, 0.25) is 0 Å². The molecule has 0 radical (unpaired) electrons. The highest BCUT2D eigenvalue weighted by Gasteiger charge is 2.31.